The molecule has 1 unspecified atom stereocenters. The highest BCUT2D eigenvalue weighted by Gasteiger charge is 2.39. The maximum atomic E-state index is 13.3. The number of carbonyl (C=O) groups is 1. The maximum Gasteiger partial charge on any atom is 0.286 e. The lowest BCUT2D eigenvalue weighted by Gasteiger charge is -2.22. The molecule has 0 radical (unpaired) electrons. The number of rotatable bonds is 5. The van der Waals surface area contributed by atoms with E-state index in [9.17, 15) is 17.6 Å². The minimum absolute atomic E-state index is 0.0344. The van der Waals surface area contributed by atoms with Crippen molar-refractivity contribution in [2.75, 3.05) is 11.9 Å². The van der Waals surface area contributed by atoms with E-state index in [1.165, 1.54) is 34.6 Å². The number of nitrogens with one attached hydrogen (secondary N) is 1. The van der Waals surface area contributed by atoms with Gasteiger partial charge in [-0.3, -0.25) is 4.79 Å². The summed E-state index contributed by atoms with van der Waals surface area (Å²) in [7, 11) is -3.83. The summed E-state index contributed by atoms with van der Waals surface area (Å²) in [5, 5.41) is 11.1. The van der Waals surface area contributed by atoms with Crippen LogP contribution < -0.4 is 5.32 Å². The van der Waals surface area contributed by atoms with Gasteiger partial charge in [0, 0.05) is 12.2 Å². The third-order valence-electron chi connectivity index (χ3n) is 4.63. The van der Waals surface area contributed by atoms with Crippen molar-refractivity contribution in [3.63, 3.8) is 0 Å². The summed E-state index contributed by atoms with van der Waals surface area (Å²) in [6.45, 7) is 0.322. The van der Waals surface area contributed by atoms with E-state index in [1.54, 1.807) is 18.2 Å². The average molecular weight is 467 g/mol. The highest BCUT2D eigenvalue weighted by atomic mass is 35.5. The van der Waals surface area contributed by atoms with E-state index in [1.807, 2.05) is 0 Å². The van der Waals surface area contributed by atoms with Crippen molar-refractivity contribution < 1.29 is 17.6 Å². The highest BCUT2D eigenvalue weighted by Crippen LogP contribution is 2.39. The monoisotopic (exact) mass is 466 g/mol. The highest BCUT2D eigenvalue weighted by molar-refractivity contribution is 7.89. The number of benzene rings is 2. The Morgan fingerprint density at radius 3 is 2.77 bits per heavy atom. The Morgan fingerprint density at radius 2 is 2.00 bits per heavy atom. The van der Waals surface area contributed by atoms with E-state index in [-0.39, 0.29) is 14.9 Å². The Labute approximate surface area is 181 Å². The Hall–Kier alpha value is -2.40. The van der Waals surface area contributed by atoms with Crippen LogP contribution >= 0.6 is 22.9 Å². The summed E-state index contributed by atoms with van der Waals surface area (Å²) < 4.78 is 40.9. The van der Waals surface area contributed by atoms with Crippen LogP contribution in [0.25, 0.3) is 0 Å². The van der Waals surface area contributed by atoms with Crippen molar-refractivity contribution in [3.8, 4) is 0 Å². The Balaban J connectivity index is 1.56. The van der Waals surface area contributed by atoms with Gasteiger partial charge in [0.15, 0.2) is 0 Å². The second-order valence-corrected chi connectivity index (χ2v) is 9.89. The molecule has 0 saturated carbocycles. The molecule has 4 rings (SSSR count). The topological polar surface area (TPSA) is 92.3 Å². The number of hydrogen-bond acceptors (Lipinski definition) is 6. The molecule has 11 heteroatoms. The fraction of sp³-hybridized carbons (Fsp3) is 0.211. The molecular weight excluding hydrogens is 451 g/mol. The number of amides is 1. The summed E-state index contributed by atoms with van der Waals surface area (Å²) in [6, 6.07) is 11.2. The van der Waals surface area contributed by atoms with Gasteiger partial charge < -0.3 is 5.32 Å². The number of hydrogen-bond donors (Lipinski definition) is 1. The van der Waals surface area contributed by atoms with Crippen molar-refractivity contribution in [2.24, 2.45) is 0 Å². The zero-order valence-electron chi connectivity index (χ0n) is 15.5. The number of aromatic nitrogens is 2. The Kier molecular flexibility index (Phi) is 5.83. The first-order chi connectivity index (χ1) is 14.4. The Morgan fingerprint density at radius 1 is 1.20 bits per heavy atom. The SMILES string of the molecule is O=C(Nc1cccc(F)c1)c1nnc(C2CCCN2S(=O)(=O)c2ccccc2Cl)s1. The zero-order valence-corrected chi connectivity index (χ0v) is 17.8. The fourth-order valence-corrected chi connectivity index (χ4v) is 6.38. The Bertz CT molecular complexity index is 1200. The van der Waals surface area contributed by atoms with Crippen LogP contribution in [0.1, 0.15) is 33.7 Å². The van der Waals surface area contributed by atoms with E-state index in [0.29, 0.717) is 30.1 Å². The molecule has 1 N–H and O–H groups in total. The first kappa shape index (κ1) is 20.9. The normalized spacial score (nSPS) is 17.2. The number of nitrogens with zero attached hydrogens (tertiary/aromatic N) is 3. The van der Waals surface area contributed by atoms with E-state index in [2.05, 4.69) is 15.5 Å². The van der Waals surface area contributed by atoms with Crippen molar-refractivity contribution >= 4 is 44.6 Å². The minimum atomic E-state index is -3.83. The molecule has 7 nitrogen and oxygen atoms in total. The molecule has 1 aliphatic rings. The lowest BCUT2D eigenvalue weighted by molar-refractivity contribution is 0.102. The lowest BCUT2D eigenvalue weighted by atomic mass is 10.2. The molecule has 3 aromatic rings. The predicted molar refractivity (Wildman–Crippen MR) is 112 cm³/mol. The molecule has 30 heavy (non-hydrogen) atoms. The fourth-order valence-electron chi connectivity index (χ4n) is 3.27. The number of anilines is 1. The van der Waals surface area contributed by atoms with Gasteiger partial charge in [-0.1, -0.05) is 41.1 Å². The van der Waals surface area contributed by atoms with Gasteiger partial charge in [0.25, 0.3) is 5.91 Å². The first-order valence-electron chi connectivity index (χ1n) is 9.03. The molecule has 1 amide bonds. The lowest BCUT2D eigenvalue weighted by Crippen LogP contribution is -2.30. The van der Waals surface area contributed by atoms with Crippen LogP contribution in [0.3, 0.4) is 0 Å². The smallest absolute Gasteiger partial charge is 0.286 e. The van der Waals surface area contributed by atoms with Crippen molar-refractivity contribution in [1.82, 2.24) is 14.5 Å². The minimum Gasteiger partial charge on any atom is -0.320 e. The molecule has 1 fully saturated rings. The van der Waals surface area contributed by atoms with Gasteiger partial charge in [-0.05, 0) is 43.2 Å². The van der Waals surface area contributed by atoms with Crippen molar-refractivity contribution in [2.45, 2.75) is 23.8 Å². The average Bonchev–Trinajstić information content (AvgIpc) is 3.38. The first-order valence-corrected chi connectivity index (χ1v) is 11.7. The molecule has 0 bridgehead atoms. The second kappa shape index (κ2) is 8.38. The standard InChI is InChI=1S/C19H16ClFN4O3S2/c20-14-7-1-2-9-16(14)30(27,28)25-10-4-8-15(25)18-23-24-19(29-18)17(26)22-13-6-3-5-12(21)11-13/h1-3,5-7,9,11,15H,4,8,10H2,(H,22,26). The number of sulfonamides is 1. The summed E-state index contributed by atoms with van der Waals surface area (Å²) >= 11 is 7.12. The summed E-state index contributed by atoms with van der Waals surface area (Å²) in [4.78, 5) is 12.5. The third-order valence-corrected chi connectivity index (χ3v) is 8.06. The van der Waals surface area contributed by atoms with Gasteiger partial charge in [0.1, 0.15) is 15.7 Å². The molecule has 1 aliphatic heterocycles. The summed E-state index contributed by atoms with van der Waals surface area (Å²) in [5.74, 6) is -1.01. The van der Waals surface area contributed by atoms with E-state index in [0.717, 1.165) is 11.3 Å². The number of halogens is 2. The van der Waals surface area contributed by atoms with E-state index in [4.69, 9.17) is 11.6 Å². The van der Waals surface area contributed by atoms with Gasteiger partial charge in [0.05, 0.1) is 11.1 Å². The number of carbonyl (C=O) groups excluding carboxylic acids is 1. The molecule has 2 heterocycles. The van der Waals surface area contributed by atoms with E-state index < -0.39 is 27.8 Å². The van der Waals surface area contributed by atoms with Gasteiger partial charge in [-0.2, -0.15) is 4.31 Å². The van der Waals surface area contributed by atoms with Crippen LogP contribution in [-0.2, 0) is 10.0 Å². The van der Waals surface area contributed by atoms with Crippen LogP contribution in [0.15, 0.2) is 53.4 Å². The van der Waals surface area contributed by atoms with Crippen molar-refractivity contribution in [1.29, 1.82) is 0 Å². The van der Waals surface area contributed by atoms with Crippen LogP contribution in [0.5, 0.6) is 0 Å². The largest absolute Gasteiger partial charge is 0.320 e. The molecule has 1 aromatic heterocycles. The summed E-state index contributed by atoms with van der Waals surface area (Å²) in [6.07, 6.45) is 1.21. The molecular formula is C19H16ClFN4O3S2. The molecule has 1 atom stereocenters. The van der Waals surface area contributed by atoms with E-state index >= 15 is 0 Å². The second-order valence-electron chi connectivity index (χ2n) is 6.61. The van der Waals surface area contributed by atoms with Gasteiger partial charge in [-0.15, -0.1) is 10.2 Å². The molecule has 156 valence electrons. The van der Waals surface area contributed by atoms with Crippen molar-refractivity contribution in [3.05, 3.63) is 69.4 Å². The van der Waals surface area contributed by atoms with Gasteiger partial charge >= 0.3 is 0 Å². The van der Waals surface area contributed by atoms with Crippen LogP contribution in [-0.4, -0.2) is 35.4 Å². The molecule has 2 aromatic carbocycles. The summed E-state index contributed by atoms with van der Waals surface area (Å²) in [5.41, 5.74) is 0.292. The quantitative estimate of drug-likeness (QED) is 0.611. The van der Waals surface area contributed by atoms with Gasteiger partial charge in [-0.25, -0.2) is 12.8 Å². The predicted octanol–water partition coefficient (Wildman–Crippen LogP) is 4.11. The van der Waals surface area contributed by atoms with Crippen LogP contribution in [0.2, 0.25) is 5.02 Å². The third kappa shape index (κ3) is 4.08. The zero-order chi connectivity index (χ0) is 21.3. The van der Waals surface area contributed by atoms with Gasteiger partial charge in [0.2, 0.25) is 15.0 Å². The van der Waals surface area contributed by atoms with Crippen LogP contribution in [0.4, 0.5) is 10.1 Å². The molecule has 1 saturated heterocycles. The van der Waals surface area contributed by atoms with Crippen LogP contribution in [0, 0.1) is 5.82 Å². The molecule has 0 spiro atoms. The maximum absolute atomic E-state index is 13.3. The molecule has 0 aliphatic carbocycles.